The van der Waals surface area contributed by atoms with E-state index < -0.39 is 0 Å². The molecule has 1 aromatic carbocycles. The van der Waals surface area contributed by atoms with Crippen LogP contribution in [-0.4, -0.2) is 4.98 Å². The van der Waals surface area contributed by atoms with Crippen LogP contribution in [0.2, 0.25) is 0 Å². The summed E-state index contributed by atoms with van der Waals surface area (Å²) >= 11 is 0. The van der Waals surface area contributed by atoms with Gasteiger partial charge in [0.2, 0.25) is 0 Å². The Hall–Kier alpha value is -1.28. The molecule has 14 heavy (non-hydrogen) atoms. The molecule has 3 N–H and O–H groups in total. The SMILES string of the molecule is NC(c1cc2ccccc2[nH]1)C1CC1. The van der Waals surface area contributed by atoms with E-state index in [0.717, 1.165) is 0 Å². The van der Waals surface area contributed by atoms with Crippen LogP contribution in [0, 0.1) is 5.92 Å². The molecule has 0 bridgehead atoms. The van der Waals surface area contributed by atoms with Gasteiger partial charge in [-0.2, -0.15) is 0 Å². The molecule has 3 rings (SSSR count). The smallest absolute Gasteiger partial charge is 0.0476 e. The third-order valence-corrected chi connectivity index (χ3v) is 3.04. The van der Waals surface area contributed by atoms with Crippen molar-refractivity contribution in [1.82, 2.24) is 4.98 Å². The van der Waals surface area contributed by atoms with Crippen molar-refractivity contribution < 1.29 is 0 Å². The van der Waals surface area contributed by atoms with Crippen LogP contribution in [-0.2, 0) is 0 Å². The fourth-order valence-corrected chi connectivity index (χ4v) is 1.98. The number of hydrogen-bond acceptors (Lipinski definition) is 1. The molecule has 0 aliphatic heterocycles. The second kappa shape index (κ2) is 2.85. The van der Waals surface area contributed by atoms with Crippen molar-refractivity contribution >= 4 is 10.9 Å². The van der Waals surface area contributed by atoms with Crippen molar-refractivity contribution in [3.63, 3.8) is 0 Å². The predicted molar refractivity (Wildman–Crippen MR) is 58.0 cm³/mol. The second-order valence-electron chi connectivity index (χ2n) is 4.18. The van der Waals surface area contributed by atoms with Gasteiger partial charge in [-0.25, -0.2) is 0 Å². The van der Waals surface area contributed by atoms with Crippen LogP contribution in [0.3, 0.4) is 0 Å². The molecule has 1 unspecified atom stereocenters. The summed E-state index contributed by atoms with van der Waals surface area (Å²) in [6.45, 7) is 0. The van der Waals surface area contributed by atoms with Gasteiger partial charge < -0.3 is 10.7 Å². The first-order valence-corrected chi connectivity index (χ1v) is 5.18. The van der Waals surface area contributed by atoms with Crippen LogP contribution >= 0.6 is 0 Å². The van der Waals surface area contributed by atoms with Gasteiger partial charge in [0.05, 0.1) is 0 Å². The Labute approximate surface area is 83.1 Å². The van der Waals surface area contributed by atoms with Gasteiger partial charge in [0, 0.05) is 17.3 Å². The Morgan fingerprint density at radius 1 is 1.29 bits per heavy atom. The lowest BCUT2D eigenvalue weighted by Crippen LogP contribution is -2.12. The standard InChI is InChI=1S/C12H14N2/c13-12(8-5-6-8)11-7-9-3-1-2-4-10(9)14-11/h1-4,7-8,12,14H,5-6,13H2. The number of aromatic nitrogens is 1. The molecule has 1 aliphatic rings. The lowest BCUT2D eigenvalue weighted by Gasteiger charge is -2.06. The maximum absolute atomic E-state index is 6.13. The van der Waals surface area contributed by atoms with E-state index in [9.17, 15) is 0 Å². The van der Waals surface area contributed by atoms with E-state index in [-0.39, 0.29) is 6.04 Å². The second-order valence-corrected chi connectivity index (χ2v) is 4.18. The number of benzene rings is 1. The lowest BCUT2D eigenvalue weighted by atomic mass is 10.1. The van der Waals surface area contributed by atoms with Gasteiger partial charge in [0.15, 0.2) is 0 Å². The number of hydrogen-bond donors (Lipinski definition) is 2. The number of nitrogens with two attached hydrogens (primary N) is 1. The third kappa shape index (κ3) is 1.23. The Kier molecular flexibility index (Phi) is 1.64. The first-order chi connectivity index (χ1) is 6.84. The highest BCUT2D eigenvalue weighted by molar-refractivity contribution is 5.80. The maximum atomic E-state index is 6.13. The van der Waals surface area contributed by atoms with Crippen LogP contribution in [0.15, 0.2) is 30.3 Å². The summed E-state index contributed by atoms with van der Waals surface area (Å²) in [5.41, 5.74) is 8.51. The van der Waals surface area contributed by atoms with E-state index in [4.69, 9.17) is 5.73 Å². The Balaban J connectivity index is 2.04. The van der Waals surface area contributed by atoms with Crippen molar-refractivity contribution in [1.29, 1.82) is 0 Å². The molecule has 1 heterocycles. The minimum absolute atomic E-state index is 0.211. The first kappa shape index (κ1) is 8.06. The minimum atomic E-state index is 0.211. The molecule has 1 aromatic heterocycles. The molecule has 1 aliphatic carbocycles. The fourth-order valence-electron chi connectivity index (χ4n) is 1.98. The Bertz CT molecular complexity index is 421. The Morgan fingerprint density at radius 3 is 2.79 bits per heavy atom. The molecular formula is C12H14N2. The number of aromatic amines is 1. The van der Waals surface area contributed by atoms with Gasteiger partial charge in [-0.1, -0.05) is 18.2 Å². The lowest BCUT2D eigenvalue weighted by molar-refractivity contribution is 0.620. The summed E-state index contributed by atoms with van der Waals surface area (Å²) in [7, 11) is 0. The normalized spacial score (nSPS) is 18.6. The molecule has 0 saturated heterocycles. The van der Waals surface area contributed by atoms with E-state index in [1.807, 2.05) is 6.07 Å². The predicted octanol–water partition coefficient (Wildman–Crippen LogP) is 2.58. The maximum Gasteiger partial charge on any atom is 0.0476 e. The topological polar surface area (TPSA) is 41.8 Å². The van der Waals surface area contributed by atoms with Crippen molar-refractivity contribution in [2.24, 2.45) is 11.7 Å². The van der Waals surface area contributed by atoms with E-state index in [0.29, 0.717) is 5.92 Å². The first-order valence-electron chi connectivity index (χ1n) is 5.18. The van der Waals surface area contributed by atoms with E-state index in [1.54, 1.807) is 0 Å². The number of H-pyrrole nitrogens is 1. The van der Waals surface area contributed by atoms with Gasteiger partial charge >= 0.3 is 0 Å². The summed E-state index contributed by atoms with van der Waals surface area (Å²) < 4.78 is 0. The zero-order valence-electron chi connectivity index (χ0n) is 8.03. The molecule has 0 radical (unpaired) electrons. The third-order valence-electron chi connectivity index (χ3n) is 3.04. The van der Waals surface area contributed by atoms with Crippen LogP contribution in [0.1, 0.15) is 24.6 Å². The van der Waals surface area contributed by atoms with Crippen molar-refractivity contribution in [2.75, 3.05) is 0 Å². The van der Waals surface area contributed by atoms with Gasteiger partial charge in [-0.3, -0.25) is 0 Å². The summed E-state index contributed by atoms with van der Waals surface area (Å²) in [5.74, 6) is 0.711. The van der Waals surface area contributed by atoms with Crippen LogP contribution in [0.5, 0.6) is 0 Å². The summed E-state index contributed by atoms with van der Waals surface area (Å²) in [6.07, 6.45) is 2.58. The number of nitrogens with one attached hydrogen (secondary N) is 1. The molecule has 0 spiro atoms. The van der Waals surface area contributed by atoms with E-state index in [2.05, 4.69) is 29.2 Å². The molecule has 1 atom stereocenters. The monoisotopic (exact) mass is 186 g/mol. The average Bonchev–Trinajstić information content (AvgIpc) is 2.95. The molecule has 2 nitrogen and oxygen atoms in total. The number of fused-ring (bicyclic) bond motifs is 1. The minimum Gasteiger partial charge on any atom is -0.357 e. The van der Waals surface area contributed by atoms with E-state index >= 15 is 0 Å². The van der Waals surface area contributed by atoms with Crippen molar-refractivity contribution in [3.8, 4) is 0 Å². The van der Waals surface area contributed by atoms with E-state index in [1.165, 1.54) is 29.4 Å². The number of para-hydroxylation sites is 1. The molecule has 2 heteroatoms. The summed E-state index contributed by atoms with van der Waals surface area (Å²) in [6, 6.07) is 10.7. The van der Waals surface area contributed by atoms with Crippen LogP contribution in [0.4, 0.5) is 0 Å². The van der Waals surface area contributed by atoms with Crippen LogP contribution < -0.4 is 5.73 Å². The van der Waals surface area contributed by atoms with Crippen LogP contribution in [0.25, 0.3) is 10.9 Å². The highest BCUT2D eigenvalue weighted by Crippen LogP contribution is 2.39. The average molecular weight is 186 g/mol. The summed E-state index contributed by atoms with van der Waals surface area (Å²) in [5, 5.41) is 1.26. The van der Waals surface area contributed by atoms with Crippen molar-refractivity contribution in [3.05, 3.63) is 36.0 Å². The van der Waals surface area contributed by atoms with Gasteiger partial charge in [0.25, 0.3) is 0 Å². The molecule has 0 amide bonds. The Morgan fingerprint density at radius 2 is 2.07 bits per heavy atom. The molecule has 2 aromatic rings. The molecule has 72 valence electrons. The van der Waals surface area contributed by atoms with Crippen molar-refractivity contribution in [2.45, 2.75) is 18.9 Å². The fraction of sp³-hybridized carbons (Fsp3) is 0.333. The quantitative estimate of drug-likeness (QED) is 0.743. The highest BCUT2D eigenvalue weighted by Gasteiger charge is 2.30. The van der Waals surface area contributed by atoms with Gasteiger partial charge in [-0.05, 0) is 36.3 Å². The molecule has 1 fully saturated rings. The zero-order valence-corrected chi connectivity index (χ0v) is 8.03. The highest BCUT2D eigenvalue weighted by atomic mass is 14.8. The van der Waals surface area contributed by atoms with Gasteiger partial charge in [-0.15, -0.1) is 0 Å². The van der Waals surface area contributed by atoms with Gasteiger partial charge in [0.1, 0.15) is 0 Å². The number of rotatable bonds is 2. The molecular weight excluding hydrogens is 172 g/mol. The summed E-state index contributed by atoms with van der Waals surface area (Å²) in [4.78, 5) is 3.39. The largest absolute Gasteiger partial charge is 0.357 e. The molecule has 1 saturated carbocycles. The zero-order chi connectivity index (χ0) is 9.54.